The number of carbonyl (C=O) groups excluding carboxylic acids is 1. The van der Waals surface area contributed by atoms with Gasteiger partial charge in [0.25, 0.3) is 0 Å². The van der Waals surface area contributed by atoms with Crippen LogP contribution in [0, 0.1) is 0 Å². The van der Waals surface area contributed by atoms with Crippen molar-refractivity contribution < 1.29 is 27.3 Å². The van der Waals surface area contributed by atoms with Gasteiger partial charge in [-0.25, -0.2) is 4.79 Å². The number of esters is 1. The van der Waals surface area contributed by atoms with E-state index in [1.54, 1.807) is 13.8 Å². The van der Waals surface area contributed by atoms with Crippen molar-refractivity contribution in [3.8, 4) is 0 Å². The number of ether oxygens (including phenoxy) is 1. The minimum absolute atomic E-state index is 0. The first-order valence-corrected chi connectivity index (χ1v) is 6.19. The third-order valence-corrected chi connectivity index (χ3v) is 2.51. The van der Waals surface area contributed by atoms with Crippen LogP contribution in [-0.2, 0) is 9.53 Å². The molecule has 0 aliphatic rings. The molecule has 0 saturated carbocycles. The number of nitrogens with one attached hydrogen (secondary N) is 1. The summed E-state index contributed by atoms with van der Waals surface area (Å²) in [5, 5.41) is 9.55. The molecular formula is C12H15BrClN3O2. The molecule has 1 aromatic rings. The molecule has 0 atom stereocenters. The third kappa shape index (κ3) is 5.85. The molecule has 0 amide bonds. The lowest BCUT2D eigenvalue weighted by Gasteiger charge is -2.04. The van der Waals surface area contributed by atoms with Crippen molar-refractivity contribution in [3.63, 3.8) is 0 Å². The maximum absolute atomic E-state index is 11.6. The molecule has 0 unspecified atom stereocenters. The summed E-state index contributed by atoms with van der Waals surface area (Å²) in [6.07, 6.45) is 0. The number of nitrogens with two attached hydrogens (primary N) is 1. The van der Waals surface area contributed by atoms with Crippen LogP contribution in [0.25, 0.3) is 0 Å². The van der Waals surface area contributed by atoms with Crippen molar-refractivity contribution in [1.29, 1.82) is 0 Å². The molecule has 0 aliphatic carbocycles. The summed E-state index contributed by atoms with van der Waals surface area (Å²) >= 11 is 3.33. The molecule has 19 heavy (non-hydrogen) atoms. The van der Waals surface area contributed by atoms with Gasteiger partial charge in [0.2, 0.25) is 11.4 Å². The molecule has 0 heterocycles. The average Bonchev–Trinajstić information content (AvgIpc) is 2.31. The molecule has 1 aromatic carbocycles. The van der Waals surface area contributed by atoms with Crippen molar-refractivity contribution in [3.05, 3.63) is 28.7 Å². The van der Waals surface area contributed by atoms with E-state index in [4.69, 9.17) is 10.1 Å². The van der Waals surface area contributed by atoms with E-state index in [2.05, 4.69) is 26.5 Å². The number of rotatable bonds is 5. The van der Waals surface area contributed by atoms with E-state index in [0.29, 0.717) is 5.71 Å². The monoisotopic (exact) mass is 347 g/mol. The van der Waals surface area contributed by atoms with E-state index in [0.717, 1.165) is 10.2 Å². The molecule has 5 nitrogen and oxygen atoms in total. The summed E-state index contributed by atoms with van der Waals surface area (Å²) in [7, 11) is 0. The Labute approximate surface area is 126 Å². The van der Waals surface area contributed by atoms with Crippen LogP contribution in [0.5, 0.6) is 0 Å². The fourth-order valence-corrected chi connectivity index (χ4v) is 1.40. The molecule has 1 rings (SSSR count). The lowest BCUT2D eigenvalue weighted by molar-refractivity contribution is -0.135. The highest BCUT2D eigenvalue weighted by atomic mass is 79.9. The quantitative estimate of drug-likeness (QED) is 0.367. The van der Waals surface area contributed by atoms with Gasteiger partial charge in [0.15, 0.2) is 0 Å². The van der Waals surface area contributed by atoms with Crippen LogP contribution in [-0.4, -0.2) is 24.0 Å². The van der Waals surface area contributed by atoms with E-state index in [1.807, 2.05) is 24.3 Å². The lowest BCUT2D eigenvalue weighted by atomic mass is 10.2. The first kappa shape index (κ1) is 17.6. The standard InChI is InChI=1S/C12H14BrN3O2.ClH/c1-3-18-12(17)11(8(2)14)16-15-10-6-4-9(13)5-7-10;/h4-7,14-15H,3H2,1-2H3;1H. The number of carbonyl (C=O) groups is 1. The molecule has 0 aromatic heterocycles. The highest BCUT2D eigenvalue weighted by Crippen LogP contribution is 2.13. The van der Waals surface area contributed by atoms with E-state index >= 15 is 0 Å². The Balaban J connectivity index is 0.00000324. The summed E-state index contributed by atoms with van der Waals surface area (Å²) in [6.45, 7) is 3.60. The van der Waals surface area contributed by atoms with Crippen molar-refractivity contribution >= 4 is 39.0 Å². The highest BCUT2D eigenvalue weighted by molar-refractivity contribution is 9.10. The summed E-state index contributed by atoms with van der Waals surface area (Å²) in [4.78, 5) is 11.6. The Morgan fingerprint density at radius 1 is 1.42 bits per heavy atom. The molecule has 0 aliphatic heterocycles. The summed E-state index contributed by atoms with van der Waals surface area (Å²) in [5.74, 6) is -0.540. The summed E-state index contributed by atoms with van der Waals surface area (Å²) in [6, 6.07) is 7.37. The van der Waals surface area contributed by atoms with Gasteiger partial charge >= 0.3 is 5.97 Å². The molecule has 0 saturated heterocycles. The molecule has 0 spiro atoms. The largest absolute Gasteiger partial charge is 1.00 e. The highest BCUT2D eigenvalue weighted by Gasteiger charge is 2.19. The molecule has 0 fully saturated rings. The summed E-state index contributed by atoms with van der Waals surface area (Å²) < 4.78 is 5.82. The Bertz CT molecular complexity index is 474. The number of hydrogen-bond donors (Lipinski definition) is 2. The van der Waals surface area contributed by atoms with Crippen LogP contribution in [0.4, 0.5) is 5.69 Å². The van der Waals surface area contributed by atoms with Crippen molar-refractivity contribution in [2.45, 2.75) is 13.8 Å². The topological polar surface area (TPSA) is 76.3 Å². The zero-order valence-electron chi connectivity index (χ0n) is 10.6. The number of halogens is 2. The van der Waals surface area contributed by atoms with Gasteiger partial charge in [0.1, 0.15) is 0 Å². The Kier molecular flexibility index (Phi) is 8.02. The molecule has 7 heteroatoms. The third-order valence-electron chi connectivity index (χ3n) is 1.98. The first-order valence-electron chi connectivity index (χ1n) is 5.40. The van der Waals surface area contributed by atoms with Crippen molar-refractivity contribution in [2.24, 2.45) is 5.10 Å². The van der Waals surface area contributed by atoms with Gasteiger partial charge in [0, 0.05) is 11.4 Å². The molecular weight excluding hydrogens is 334 g/mol. The maximum Gasteiger partial charge on any atom is 0.365 e. The van der Waals surface area contributed by atoms with Crippen molar-refractivity contribution in [1.82, 2.24) is 0 Å². The van der Waals surface area contributed by atoms with Gasteiger partial charge in [-0.15, -0.1) is 0 Å². The van der Waals surface area contributed by atoms with Crippen molar-refractivity contribution in [2.75, 3.05) is 12.0 Å². The number of nitrogens with zero attached hydrogens (tertiary/aromatic N) is 1. The SMILES string of the molecule is CCOC(=O)C(=NNc1ccc(Br)cc1)C(C)=[NH2+].[Cl-]. The minimum atomic E-state index is -0.540. The van der Waals surface area contributed by atoms with Gasteiger partial charge in [-0.05, 0) is 31.2 Å². The van der Waals surface area contributed by atoms with E-state index in [9.17, 15) is 4.79 Å². The number of benzene rings is 1. The Hall–Kier alpha value is -1.40. The summed E-state index contributed by atoms with van der Waals surface area (Å²) in [5.41, 5.74) is 3.90. The predicted molar refractivity (Wildman–Crippen MR) is 74.4 cm³/mol. The second-order valence-corrected chi connectivity index (χ2v) is 4.40. The molecule has 3 N–H and O–H groups in total. The lowest BCUT2D eigenvalue weighted by Crippen LogP contribution is -3.00. The predicted octanol–water partition coefficient (Wildman–Crippen LogP) is -2.00. The van der Waals surface area contributed by atoms with Crippen LogP contribution in [0.1, 0.15) is 13.8 Å². The first-order chi connectivity index (χ1) is 8.54. The Morgan fingerprint density at radius 2 is 2.00 bits per heavy atom. The van der Waals surface area contributed by atoms with Gasteiger partial charge in [-0.2, -0.15) is 5.10 Å². The van der Waals surface area contributed by atoms with E-state index in [-0.39, 0.29) is 24.7 Å². The van der Waals surface area contributed by atoms with Crippen LogP contribution < -0.4 is 23.2 Å². The van der Waals surface area contributed by atoms with Gasteiger partial charge in [-0.3, -0.25) is 10.8 Å². The van der Waals surface area contributed by atoms with Crippen LogP contribution in [0.3, 0.4) is 0 Å². The van der Waals surface area contributed by atoms with E-state index < -0.39 is 5.97 Å². The van der Waals surface area contributed by atoms with Gasteiger partial charge in [0.05, 0.1) is 12.3 Å². The second-order valence-electron chi connectivity index (χ2n) is 3.48. The fraction of sp³-hybridized carbons (Fsp3) is 0.250. The minimum Gasteiger partial charge on any atom is -1.00 e. The van der Waals surface area contributed by atoms with E-state index in [1.165, 1.54) is 0 Å². The van der Waals surface area contributed by atoms with Gasteiger partial charge < -0.3 is 17.1 Å². The maximum atomic E-state index is 11.6. The number of hydrazone groups is 1. The smallest absolute Gasteiger partial charge is 0.365 e. The number of hydrogen-bond acceptors (Lipinski definition) is 4. The van der Waals surface area contributed by atoms with Crippen LogP contribution >= 0.6 is 15.9 Å². The molecule has 0 bridgehead atoms. The molecule has 104 valence electrons. The number of anilines is 1. The Morgan fingerprint density at radius 3 is 2.47 bits per heavy atom. The van der Waals surface area contributed by atoms with Crippen LogP contribution in [0.15, 0.2) is 33.8 Å². The molecule has 0 radical (unpaired) electrons. The van der Waals surface area contributed by atoms with Crippen LogP contribution in [0.2, 0.25) is 0 Å². The zero-order chi connectivity index (χ0) is 13.5. The zero-order valence-corrected chi connectivity index (χ0v) is 13.0. The average molecular weight is 349 g/mol. The van der Waals surface area contributed by atoms with Gasteiger partial charge in [-0.1, -0.05) is 15.9 Å². The fourth-order valence-electron chi connectivity index (χ4n) is 1.14. The second kappa shape index (κ2) is 8.66. The normalized spacial score (nSPS) is 10.4.